The molecule has 0 amide bonds. The third-order valence-corrected chi connectivity index (χ3v) is 2.38. The average Bonchev–Trinajstić information content (AvgIpc) is 2.12. The van der Waals surface area contributed by atoms with Gasteiger partial charge in [-0.15, -0.1) is 0 Å². The molecule has 6 heteroatoms. The normalized spacial score (nSPS) is 16.6. The summed E-state index contributed by atoms with van der Waals surface area (Å²) < 4.78 is 36.1. The lowest BCUT2D eigenvalue weighted by atomic mass is 10.0. The molecule has 0 aliphatic rings. The van der Waals surface area contributed by atoms with Gasteiger partial charge in [0.25, 0.3) is 0 Å². The summed E-state index contributed by atoms with van der Waals surface area (Å²) in [6.07, 6.45) is -4.96. The molecular formula is C11H23F3N2O. The van der Waals surface area contributed by atoms with Crippen LogP contribution in [0.3, 0.4) is 0 Å². The summed E-state index contributed by atoms with van der Waals surface area (Å²) in [5.74, 6) is 0. The molecule has 0 heterocycles. The van der Waals surface area contributed by atoms with Crippen molar-refractivity contribution in [3.05, 3.63) is 0 Å². The predicted octanol–water partition coefficient (Wildman–Crippen LogP) is 1.62. The number of aliphatic hydroxyl groups is 1. The molecule has 0 rings (SSSR count). The smallest absolute Gasteiger partial charge is 0.390 e. The second-order valence-corrected chi connectivity index (χ2v) is 5.12. The first-order valence-corrected chi connectivity index (χ1v) is 5.72. The van der Waals surface area contributed by atoms with Crippen molar-refractivity contribution < 1.29 is 18.3 Å². The summed E-state index contributed by atoms with van der Waals surface area (Å²) in [7, 11) is 1.63. The van der Waals surface area contributed by atoms with Gasteiger partial charge in [0, 0.05) is 19.1 Å². The van der Waals surface area contributed by atoms with E-state index < -0.39 is 18.1 Å². The molecule has 0 aliphatic carbocycles. The van der Waals surface area contributed by atoms with Crippen molar-refractivity contribution in [1.82, 2.24) is 10.2 Å². The van der Waals surface area contributed by atoms with Gasteiger partial charge < -0.3 is 15.3 Å². The Bertz CT molecular complexity index is 221. The zero-order valence-corrected chi connectivity index (χ0v) is 10.9. The summed E-state index contributed by atoms with van der Waals surface area (Å²) in [6, 6.07) is 0.170. The molecule has 17 heavy (non-hydrogen) atoms. The van der Waals surface area contributed by atoms with Crippen LogP contribution in [0.4, 0.5) is 13.2 Å². The van der Waals surface area contributed by atoms with E-state index in [0.29, 0.717) is 6.54 Å². The molecule has 0 fully saturated rings. The van der Waals surface area contributed by atoms with Crippen LogP contribution in [0.5, 0.6) is 0 Å². The quantitative estimate of drug-likeness (QED) is 0.726. The van der Waals surface area contributed by atoms with E-state index in [0.717, 1.165) is 0 Å². The Morgan fingerprint density at radius 3 is 2.18 bits per heavy atom. The van der Waals surface area contributed by atoms with E-state index in [1.807, 2.05) is 13.8 Å². The van der Waals surface area contributed by atoms with Crippen LogP contribution in [-0.2, 0) is 0 Å². The fourth-order valence-corrected chi connectivity index (χ4v) is 1.83. The van der Waals surface area contributed by atoms with Gasteiger partial charge in [-0.3, -0.25) is 0 Å². The minimum Gasteiger partial charge on any atom is -0.394 e. The van der Waals surface area contributed by atoms with Crippen LogP contribution in [0.25, 0.3) is 0 Å². The Labute approximate surface area is 101 Å². The second kappa shape index (κ2) is 6.56. The van der Waals surface area contributed by atoms with E-state index in [9.17, 15) is 18.3 Å². The molecule has 0 aromatic rings. The topological polar surface area (TPSA) is 35.5 Å². The van der Waals surface area contributed by atoms with Crippen molar-refractivity contribution in [2.75, 3.05) is 26.7 Å². The fourth-order valence-electron chi connectivity index (χ4n) is 1.83. The van der Waals surface area contributed by atoms with Crippen LogP contribution in [0.1, 0.15) is 27.2 Å². The highest BCUT2D eigenvalue weighted by molar-refractivity contribution is 4.86. The molecule has 0 aromatic carbocycles. The number of hydrogen-bond donors (Lipinski definition) is 2. The molecule has 1 atom stereocenters. The highest BCUT2D eigenvalue weighted by Gasteiger charge is 2.30. The first-order chi connectivity index (χ1) is 7.58. The Hall–Kier alpha value is -0.330. The van der Waals surface area contributed by atoms with Crippen molar-refractivity contribution >= 4 is 0 Å². The second-order valence-electron chi connectivity index (χ2n) is 5.12. The molecule has 0 aromatic heterocycles. The Morgan fingerprint density at radius 1 is 1.29 bits per heavy atom. The average molecular weight is 256 g/mol. The number of hydrogen-bond acceptors (Lipinski definition) is 3. The number of aliphatic hydroxyl groups excluding tert-OH is 1. The first kappa shape index (κ1) is 16.7. The van der Waals surface area contributed by atoms with E-state index in [-0.39, 0.29) is 19.2 Å². The van der Waals surface area contributed by atoms with E-state index in [2.05, 4.69) is 5.32 Å². The van der Waals surface area contributed by atoms with Crippen LogP contribution >= 0.6 is 0 Å². The standard InChI is InChI=1S/C11H23F3N2O/c1-9(2)15-10(3,8-17)7-16(4)6-5-11(12,13)14/h9,15,17H,5-8H2,1-4H3. The molecule has 0 saturated carbocycles. The van der Waals surface area contributed by atoms with Gasteiger partial charge in [-0.1, -0.05) is 13.8 Å². The summed E-state index contributed by atoms with van der Waals surface area (Å²) >= 11 is 0. The van der Waals surface area contributed by atoms with E-state index in [4.69, 9.17) is 0 Å². The molecule has 104 valence electrons. The van der Waals surface area contributed by atoms with Gasteiger partial charge in [0.2, 0.25) is 0 Å². The van der Waals surface area contributed by atoms with E-state index in [1.165, 1.54) is 0 Å². The first-order valence-electron chi connectivity index (χ1n) is 5.72. The summed E-state index contributed by atoms with van der Waals surface area (Å²) in [5, 5.41) is 12.5. The van der Waals surface area contributed by atoms with Crippen molar-refractivity contribution in [2.45, 2.75) is 44.9 Å². The van der Waals surface area contributed by atoms with Crippen LogP contribution < -0.4 is 5.32 Å². The summed E-state index contributed by atoms with van der Waals surface area (Å²) in [5.41, 5.74) is -0.575. The van der Waals surface area contributed by atoms with Gasteiger partial charge in [0.05, 0.1) is 18.6 Å². The molecule has 0 radical (unpaired) electrons. The summed E-state index contributed by atoms with van der Waals surface area (Å²) in [6.45, 7) is 5.88. The minimum absolute atomic E-state index is 0.0567. The third kappa shape index (κ3) is 8.40. The van der Waals surface area contributed by atoms with Gasteiger partial charge in [0.15, 0.2) is 0 Å². The number of rotatable bonds is 7. The predicted molar refractivity (Wildman–Crippen MR) is 61.9 cm³/mol. The Balaban J connectivity index is 4.18. The zero-order valence-electron chi connectivity index (χ0n) is 10.9. The van der Waals surface area contributed by atoms with Crippen LogP contribution in [-0.4, -0.2) is 54.5 Å². The number of nitrogens with one attached hydrogen (secondary N) is 1. The maximum absolute atomic E-state index is 12.0. The maximum Gasteiger partial charge on any atom is 0.390 e. The van der Waals surface area contributed by atoms with Crippen molar-refractivity contribution in [3.8, 4) is 0 Å². The molecule has 1 unspecified atom stereocenters. The molecule has 0 bridgehead atoms. The van der Waals surface area contributed by atoms with Crippen LogP contribution in [0.15, 0.2) is 0 Å². The highest BCUT2D eigenvalue weighted by atomic mass is 19.4. The third-order valence-electron chi connectivity index (χ3n) is 2.38. The number of nitrogens with zero attached hydrogens (tertiary/aromatic N) is 1. The molecular weight excluding hydrogens is 233 g/mol. The molecule has 3 nitrogen and oxygen atoms in total. The van der Waals surface area contributed by atoms with Gasteiger partial charge >= 0.3 is 6.18 Å². The monoisotopic (exact) mass is 256 g/mol. The SMILES string of the molecule is CC(C)NC(C)(CO)CN(C)CCC(F)(F)F. The molecule has 0 spiro atoms. The lowest BCUT2D eigenvalue weighted by molar-refractivity contribution is -0.137. The molecule has 2 N–H and O–H groups in total. The number of alkyl halides is 3. The van der Waals surface area contributed by atoms with Gasteiger partial charge in [-0.2, -0.15) is 13.2 Å². The van der Waals surface area contributed by atoms with Crippen molar-refractivity contribution in [3.63, 3.8) is 0 Å². The lowest BCUT2D eigenvalue weighted by Gasteiger charge is -2.35. The molecule has 0 aliphatic heterocycles. The largest absolute Gasteiger partial charge is 0.394 e. The number of halogens is 3. The van der Waals surface area contributed by atoms with E-state index >= 15 is 0 Å². The highest BCUT2D eigenvalue weighted by Crippen LogP contribution is 2.20. The Kier molecular flexibility index (Phi) is 6.43. The van der Waals surface area contributed by atoms with Gasteiger partial charge in [0.1, 0.15) is 0 Å². The van der Waals surface area contributed by atoms with Crippen molar-refractivity contribution in [2.24, 2.45) is 0 Å². The van der Waals surface area contributed by atoms with Gasteiger partial charge in [-0.25, -0.2) is 0 Å². The molecule has 0 saturated heterocycles. The van der Waals surface area contributed by atoms with Crippen LogP contribution in [0.2, 0.25) is 0 Å². The zero-order chi connectivity index (χ0) is 13.7. The van der Waals surface area contributed by atoms with Crippen molar-refractivity contribution in [1.29, 1.82) is 0 Å². The Morgan fingerprint density at radius 2 is 1.82 bits per heavy atom. The number of likely N-dealkylation sites (N-methyl/N-ethyl adjacent to an activating group) is 1. The van der Waals surface area contributed by atoms with E-state index in [1.54, 1.807) is 18.9 Å². The maximum atomic E-state index is 12.0. The van der Waals surface area contributed by atoms with Gasteiger partial charge in [-0.05, 0) is 14.0 Å². The fraction of sp³-hybridized carbons (Fsp3) is 1.00. The lowest BCUT2D eigenvalue weighted by Crippen LogP contribution is -2.55. The van der Waals surface area contributed by atoms with Crippen LogP contribution in [0, 0.1) is 0 Å². The minimum atomic E-state index is -4.13. The summed E-state index contributed by atoms with van der Waals surface area (Å²) in [4.78, 5) is 1.58.